The number of para-hydroxylation sites is 2. The topological polar surface area (TPSA) is 67.7 Å². The van der Waals surface area contributed by atoms with Crippen molar-refractivity contribution in [1.82, 2.24) is 19.4 Å². The number of rotatable bonds is 5. The Kier molecular flexibility index (Phi) is 6.40. The lowest BCUT2D eigenvalue weighted by Gasteiger charge is -2.33. The Balaban J connectivity index is 1.50. The number of carbonyl (C=O) groups is 2. The van der Waals surface area contributed by atoms with Crippen molar-refractivity contribution in [2.45, 2.75) is 43.9 Å². The van der Waals surface area contributed by atoms with E-state index in [1.807, 2.05) is 38.6 Å². The van der Waals surface area contributed by atoms with Crippen LogP contribution in [0.5, 0.6) is 0 Å². The number of benzene rings is 1. The summed E-state index contributed by atoms with van der Waals surface area (Å²) < 4.78 is 7.30. The monoisotopic (exact) mass is 416 g/mol. The van der Waals surface area contributed by atoms with Crippen LogP contribution in [0.25, 0.3) is 11.0 Å². The standard InChI is InChI=1S/C21H28N4O3S/c1-16-6-4-5-9-24(16)20(27)15-29-21-22-17-7-2-3-8-18(17)25(21)14-19(26)23-10-12-28-13-11-23/h2-3,7-8,16H,4-6,9-15H2,1H3. The number of piperidine rings is 1. The number of morpholine rings is 1. The molecule has 0 spiro atoms. The van der Waals surface area contributed by atoms with Crippen LogP contribution in [-0.2, 0) is 20.9 Å². The zero-order chi connectivity index (χ0) is 20.2. The Bertz CT molecular complexity index is 878. The summed E-state index contributed by atoms with van der Waals surface area (Å²) in [5, 5.41) is 0.728. The molecular formula is C21H28N4O3S. The second-order valence-electron chi connectivity index (χ2n) is 7.68. The summed E-state index contributed by atoms with van der Waals surface area (Å²) in [6.45, 7) is 5.61. The Labute approximate surface area is 175 Å². The van der Waals surface area contributed by atoms with E-state index < -0.39 is 0 Å². The van der Waals surface area contributed by atoms with Crippen molar-refractivity contribution >= 4 is 34.6 Å². The third-order valence-electron chi connectivity index (χ3n) is 5.72. The molecule has 0 bridgehead atoms. The molecule has 2 aromatic rings. The number of carbonyl (C=O) groups excluding carboxylic acids is 2. The number of hydrogen-bond donors (Lipinski definition) is 0. The fourth-order valence-corrected chi connectivity index (χ4v) is 4.94. The van der Waals surface area contributed by atoms with Gasteiger partial charge in [-0.1, -0.05) is 23.9 Å². The van der Waals surface area contributed by atoms with Gasteiger partial charge in [-0.05, 0) is 38.3 Å². The predicted octanol–water partition coefficient (Wildman–Crippen LogP) is 2.39. The lowest BCUT2D eigenvalue weighted by Crippen LogP contribution is -2.43. The first-order valence-corrected chi connectivity index (χ1v) is 11.3. The second kappa shape index (κ2) is 9.17. The van der Waals surface area contributed by atoms with E-state index in [4.69, 9.17) is 9.72 Å². The average molecular weight is 417 g/mol. The van der Waals surface area contributed by atoms with E-state index in [9.17, 15) is 9.59 Å². The molecule has 3 heterocycles. The van der Waals surface area contributed by atoms with Gasteiger partial charge in [0.25, 0.3) is 0 Å². The van der Waals surface area contributed by atoms with Crippen LogP contribution in [-0.4, -0.2) is 75.8 Å². The third-order valence-corrected chi connectivity index (χ3v) is 6.69. The molecule has 1 atom stereocenters. The highest BCUT2D eigenvalue weighted by Crippen LogP contribution is 2.26. The Morgan fingerprint density at radius 2 is 1.93 bits per heavy atom. The number of fused-ring (bicyclic) bond motifs is 1. The number of aromatic nitrogens is 2. The molecule has 0 N–H and O–H groups in total. The summed E-state index contributed by atoms with van der Waals surface area (Å²) in [5.41, 5.74) is 1.78. The Morgan fingerprint density at radius 3 is 2.72 bits per heavy atom. The quantitative estimate of drug-likeness (QED) is 0.700. The van der Waals surface area contributed by atoms with Crippen LogP contribution in [0.2, 0.25) is 0 Å². The van der Waals surface area contributed by atoms with Crippen LogP contribution in [0.15, 0.2) is 29.4 Å². The highest BCUT2D eigenvalue weighted by atomic mass is 32.2. The fraction of sp³-hybridized carbons (Fsp3) is 0.571. The van der Waals surface area contributed by atoms with E-state index in [0.29, 0.717) is 38.1 Å². The maximum Gasteiger partial charge on any atom is 0.242 e. The minimum Gasteiger partial charge on any atom is -0.378 e. The molecule has 7 nitrogen and oxygen atoms in total. The van der Waals surface area contributed by atoms with Gasteiger partial charge in [-0.3, -0.25) is 9.59 Å². The third kappa shape index (κ3) is 4.59. The number of likely N-dealkylation sites (tertiary alicyclic amines) is 1. The molecule has 1 aromatic carbocycles. The van der Waals surface area contributed by atoms with E-state index in [0.717, 1.165) is 35.6 Å². The number of nitrogens with zero attached hydrogens (tertiary/aromatic N) is 4. The van der Waals surface area contributed by atoms with Gasteiger partial charge in [0.2, 0.25) is 11.8 Å². The maximum atomic E-state index is 12.8. The molecule has 1 unspecified atom stereocenters. The second-order valence-corrected chi connectivity index (χ2v) is 8.63. The van der Waals surface area contributed by atoms with Gasteiger partial charge in [-0.25, -0.2) is 4.98 Å². The van der Waals surface area contributed by atoms with Crippen LogP contribution < -0.4 is 0 Å². The van der Waals surface area contributed by atoms with E-state index in [2.05, 4.69) is 6.92 Å². The molecule has 0 saturated carbocycles. The van der Waals surface area contributed by atoms with E-state index in [1.165, 1.54) is 18.2 Å². The molecule has 29 heavy (non-hydrogen) atoms. The van der Waals surface area contributed by atoms with Gasteiger partial charge in [0, 0.05) is 25.7 Å². The molecule has 0 radical (unpaired) electrons. The van der Waals surface area contributed by atoms with Crippen molar-refractivity contribution in [2.24, 2.45) is 0 Å². The molecule has 0 aliphatic carbocycles. The minimum atomic E-state index is 0.0642. The zero-order valence-electron chi connectivity index (χ0n) is 16.9. The normalized spacial score (nSPS) is 20.2. The number of hydrogen-bond acceptors (Lipinski definition) is 5. The largest absolute Gasteiger partial charge is 0.378 e. The SMILES string of the molecule is CC1CCCCN1C(=O)CSc1nc2ccccc2n1CC(=O)N1CCOCC1. The van der Waals surface area contributed by atoms with Gasteiger partial charge < -0.3 is 19.1 Å². The molecule has 8 heteroatoms. The zero-order valence-corrected chi connectivity index (χ0v) is 17.7. The first-order chi connectivity index (χ1) is 14.1. The lowest BCUT2D eigenvalue weighted by atomic mass is 10.0. The summed E-state index contributed by atoms with van der Waals surface area (Å²) in [7, 11) is 0. The first-order valence-electron chi connectivity index (χ1n) is 10.4. The summed E-state index contributed by atoms with van der Waals surface area (Å²) in [6, 6.07) is 8.13. The molecule has 156 valence electrons. The van der Waals surface area contributed by atoms with Crippen molar-refractivity contribution in [3.8, 4) is 0 Å². The number of imidazole rings is 1. The lowest BCUT2D eigenvalue weighted by molar-refractivity contribution is -0.136. The van der Waals surface area contributed by atoms with Gasteiger partial charge in [0.05, 0.1) is 30.0 Å². The van der Waals surface area contributed by atoms with Crippen molar-refractivity contribution in [3.05, 3.63) is 24.3 Å². The molecule has 2 amide bonds. The van der Waals surface area contributed by atoms with Crippen molar-refractivity contribution in [2.75, 3.05) is 38.6 Å². The molecule has 2 fully saturated rings. The van der Waals surface area contributed by atoms with Crippen LogP contribution in [0.3, 0.4) is 0 Å². The van der Waals surface area contributed by atoms with E-state index in [1.54, 1.807) is 0 Å². The molecular weight excluding hydrogens is 388 g/mol. The first kappa shape index (κ1) is 20.2. The van der Waals surface area contributed by atoms with Gasteiger partial charge in [0.1, 0.15) is 6.54 Å². The smallest absolute Gasteiger partial charge is 0.242 e. The number of thioether (sulfide) groups is 1. The van der Waals surface area contributed by atoms with Crippen LogP contribution >= 0.6 is 11.8 Å². The highest BCUT2D eigenvalue weighted by molar-refractivity contribution is 7.99. The van der Waals surface area contributed by atoms with Gasteiger partial charge in [-0.2, -0.15) is 0 Å². The number of ether oxygens (including phenoxy) is 1. The van der Waals surface area contributed by atoms with Gasteiger partial charge in [0.15, 0.2) is 5.16 Å². The fourth-order valence-electron chi connectivity index (χ4n) is 4.04. The molecule has 4 rings (SSSR count). The molecule has 1 aromatic heterocycles. The van der Waals surface area contributed by atoms with Crippen molar-refractivity contribution < 1.29 is 14.3 Å². The minimum absolute atomic E-state index is 0.0642. The Hall–Kier alpha value is -2.06. The highest BCUT2D eigenvalue weighted by Gasteiger charge is 2.25. The average Bonchev–Trinajstić information content (AvgIpc) is 3.10. The summed E-state index contributed by atoms with van der Waals surface area (Å²) in [4.78, 5) is 34.1. The van der Waals surface area contributed by atoms with Crippen LogP contribution in [0.4, 0.5) is 0 Å². The van der Waals surface area contributed by atoms with E-state index in [-0.39, 0.29) is 18.4 Å². The summed E-state index contributed by atoms with van der Waals surface area (Å²) in [5.74, 6) is 0.564. The Morgan fingerprint density at radius 1 is 1.14 bits per heavy atom. The van der Waals surface area contributed by atoms with Crippen LogP contribution in [0, 0.1) is 0 Å². The van der Waals surface area contributed by atoms with Crippen LogP contribution in [0.1, 0.15) is 26.2 Å². The predicted molar refractivity (Wildman–Crippen MR) is 113 cm³/mol. The maximum absolute atomic E-state index is 12.8. The molecule has 2 aliphatic rings. The molecule has 2 saturated heterocycles. The van der Waals surface area contributed by atoms with Crippen molar-refractivity contribution in [1.29, 1.82) is 0 Å². The van der Waals surface area contributed by atoms with E-state index >= 15 is 0 Å². The summed E-state index contributed by atoms with van der Waals surface area (Å²) in [6.07, 6.45) is 3.34. The van der Waals surface area contributed by atoms with Gasteiger partial charge >= 0.3 is 0 Å². The summed E-state index contributed by atoms with van der Waals surface area (Å²) >= 11 is 1.43. The molecule has 2 aliphatic heterocycles. The van der Waals surface area contributed by atoms with Crippen molar-refractivity contribution in [3.63, 3.8) is 0 Å². The van der Waals surface area contributed by atoms with Gasteiger partial charge in [-0.15, -0.1) is 0 Å². The number of amides is 2.